The third-order valence-corrected chi connectivity index (χ3v) is 2.44. The molecule has 0 radical (unpaired) electrons. The van der Waals surface area contributed by atoms with E-state index in [0.717, 1.165) is 22.3 Å². The van der Waals surface area contributed by atoms with Gasteiger partial charge in [0.1, 0.15) is 5.75 Å². The van der Waals surface area contributed by atoms with Crippen molar-refractivity contribution in [3.8, 4) is 5.75 Å². The van der Waals surface area contributed by atoms with E-state index in [2.05, 4.69) is 4.98 Å². The molecule has 0 aliphatic carbocycles. The average Bonchev–Trinajstić information content (AvgIpc) is 2.29. The van der Waals surface area contributed by atoms with Crippen molar-refractivity contribution in [3.05, 3.63) is 36.0 Å². The molecule has 3 heteroatoms. The Morgan fingerprint density at radius 3 is 2.87 bits per heavy atom. The monoisotopic (exact) mass is 221 g/mol. The van der Waals surface area contributed by atoms with E-state index in [1.165, 1.54) is 0 Å². The molecule has 1 aromatic carbocycles. The van der Waals surface area contributed by atoms with Crippen LogP contribution in [0.3, 0.4) is 0 Å². The third kappa shape index (κ3) is 2.05. The lowest BCUT2D eigenvalue weighted by Gasteiger charge is -2.08. The zero-order valence-electron chi connectivity index (χ0n) is 8.53. The summed E-state index contributed by atoms with van der Waals surface area (Å²) in [5, 5.41) is 1.04. The Bertz CT molecular complexity index is 470. The van der Waals surface area contributed by atoms with E-state index in [1.807, 2.05) is 37.3 Å². The van der Waals surface area contributed by atoms with Gasteiger partial charge in [0, 0.05) is 11.5 Å². The summed E-state index contributed by atoms with van der Waals surface area (Å²) in [6, 6.07) is 9.81. The van der Waals surface area contributed by atoms with Crippen molar-refractivity contribution in [2.75, 3.05) is 6.61 Å². The highest BCUT2D eigenvalue weighted by molar-refractivity contribution is 6.17. The van der Waals surface area contributed by atoms with Gasteiger partial charge in [-0.1, -0.05) is 12.1 Å². The van der Waals surface area contributed by atoms with E-state index in [9.17, 15) is 0 Å². The van der Waals surface area contributed by atoms with Gasteiger partial charge in [0.05, 0.1) is 23.7 Å². The summed E-state index contributed by atoms with van der Waals surface area (Å²) in [6.45, 7) is 2.62. The Morgan fingerprint density at radius 2 is 2.13 bits per heavy atom. The summed E-state index contributed by atoms with van der Waals surface area (Å²) >= 11 is 5.78. The maximum atomic E-state index is 5.78. The maximum absolute atomic E-state index is 5.78. The van der Waals surface area contributed by atoms with Gasteiger partial charge in [-0.25, -0.2) is 0 Å². The minimum Gasteiger partial charge on any atom is -0.493 e. The van der Waals surface area contributed by atoms with Crippen LogP contribution in [0.5, 0.6) is 5.75 Å². The number of nitrogens with zero attached hydrogens (tertiary/aromatic N) is 1. The smallest absolute Gasteiger partial charge is 0.130 e. The number of alkyl halides is 1. The second-order valence-corrected chi connectivity index (χ2v) is 3.46. The van der Waals surface area contributed by atoms with Crippen LogP contribution < -0.4 is 4.74 Å². The summed E-state index contributed by atoms with van der Waals surface area (Å²) in [7, 11) is 0. The van der Waals surface area contributed by atoms with Gasteiger partial charge in [-0.2, -0.15) is 0 Å². The van der Waals surface area contributed by atoms with Crippen LogP contribution in [0.4, 0.5) is 0 Å². The molecule has 0 saturated heterocycles. The highest BCUT2D eigenvalue weighted by Crippen LogP contribution is 2.25. The van der Waals surface area contributed by atoms with Crippen LogP contribution in [0.1, 0.15) is 12.6 Å². The maximum Gasteiger partial charge on any atom is 0.130 e. The van der Waals surface area contributed by atoms with Crippen molar-refractivity contribution in [1.29, 1.82) is 0 Å². The van der Waals surface area contributed by atoms with Gasteiger partial charge in [-0.3, -0.25) is 4.98 Å². The Labute approximate surface area is 93.8 Å². The number of para-hydroxylation sites is 1. The van der Waals surface area contributed by atoms with Gasteiger partial charge in [-0.15, -0.1) is 11.6 Å². The lowest BCUT2D eigenvalue weighted by Crippen LogP contribution is -1.96. The fourth-order valence-electron chi connectivity index (χ4n) is 1.54. The summed E-state index contributed by atoms with van der Waals surface area (Å²) in [4.78, 5) is 4.42. The molecule has 0 spiro atoms. The quantitative estimate of drug-likeness (QED) is 0.742. The summed E-state index contributed by atoms with van der Waals surface area (Å²) in [5.74, 6) is 1.27. The Hall–Kier alpha value is -1.28. The number of aromatic nitrogens is 1. The molecule has 15 heavy (non-hydrogen) atoms. The molecule has 1 aromatic heterocycles. The number of ether oxygens (including phenoxy) is 1. The molecule has 2 rings (SSSR count). The Morgan fingerprint density at radius 1 is 1.33 bits per heavy atom. The van der Waals surface area contributed by atoms with Crippen LogP contribution in [0, 0.1) is 0 Å². The zero-order valence-corrected chi connectivity index (χ0v) is 9.29. The summed E-state index contributed by atoms with van der Waals surface area (Å²) in [6.07, 6.45) is 0. The standard InChI is InChI=1S/C12H12ClNO/c1-2-15-12-7-9(8-13)14-11-6-4-3-5-10(11)12/h3-7H,2,8H2,1H3. The fourth-order valence-corrected chi connectivity index (χ4v) is 1.68. The molecule has 0 aliphatic heterocycles. The van der Waals surface area contributed by atoms with Gasteiger partial charge in [-0.05, 0) is 19.1 Å². The van der Waals surface area contributed by atoms with Crippen molar-refractivity contribution >= 4 is 22.5 Å². The highest BCUT2D eigenvalue weighted by Gasteiger charge is 2.05. The number of hydrogen-bond donors (Lipinski definition) is 0. The lowest BCUT2D eigenvalue weighted by molar-refractivity contribution is 0.344. The number of benzene rings is 1. The molecule has 0 saturated carbocycles. The van der Waals surface area contributed by atoms with E-state index in [0.29, 0.717) is 12.5 Å². The fraction of sp³-hybridized carbons (Fsp3) is 0.250. The molecule has 0 atom stereocenters. The predicted molar refractivity (Wildman–Crippen MR) is 62.5 cm³/mol. The molecule has 0 amide bonds. The molecule has 0 unspecified atom stereocenters. The molecule has 0 fully saturated rings. The van der Waals surface area contributed by atoms with Gasteiger partial charge < -0.3 is 4.74 Å². The van der Waals surface area contributed by atoms with Crippen LogP contribution in [0.25, 0.3) is 10.9 Å². The number of hydrogen-bond acceptors (Lipinski definition) is 2. The predicted octanol–water partition coefficient (Wildman–Crippen LogP) is 3.37. The molecule has 2 aromatic rings. The minimum absolute atomic E-state index is 0.408. The van der Waals surface area contributed by atoms with Crippen molar-refractivity contribution < 1.29 is 4.74 Å². The first kappa shape index (κ1) is 10.2. The minimum atomic E-state index is 0.408. The highest BCUT2D eigenvalue weighted by atomic mass is 35.5. The number of halogens is 1. The van der Waals surface area contributed by atoms with Gasteiger partial charge in [0.2, 0.25) is 0 Å². The summed E-state index contributed by atoms with van der Waals surface area (Å²) < 4.78 is 5.56. The molecule has 0 aliphatic rings. The van der Waals surface area contributed by atoms with Crippen LogP contribution in [0.2, 0.25) is 0 Å². The van der Waals surface area contributed by atoms with E-state index < -0.39 is 0 Å². The van der Waals surface area contributed by atoms with Crippen LogP contribution in [-0.4, -0.2) is 11.6 Å². The van der Waals surface area contributed by atoms with Crippen LogP contribution in [0.15, 0.2) is 30.3 Å². The van der Waals surface area contributed by atoms with Gasteiger partial charge in [0.25, 0.3) is 0 Å². The first-order chi connectivity index (χ1) is 7.35. The lowest BCUT2D eigenvalue weighted by atomic mass is 10.2. The van der Waals surface area contributed by atoms with Crippen molar-refractivity contribution in [1.82, 2.24) is 4.98 Å². The average molecular weight is 222 g/mol. The molecule has 2 nitrogen and oxygen atoms in total. The second kappa shape index (κ2) is 4.49. The normalized spacial score (nSPS) is 10.5. The van der Waals surface area contributed by atoms with Gasteiger partial charge >= 0.3 is 0 Å². The number of rotatable bonds is 3. The first-order valence-electron chi connectivity index (χ1n) is 4.92. The number of pyridine rings is 1. The Kier molecular flexibility index (Phi) is 3.07. The molecule has 1 heterocycles. The van der Waals surface area contributed by atoms with Crippen molar-refractivity contribution in [2.24, 2.45) is 0 Å². The third-order valence-electron chi connectivity index (χ3n) is 2.17. The molecule has 0 N–H and O–H groups in total. The second-order valence-electron chi connectivity index (χ2n) is 3.20. The largest absolute Gasteiger partial charge is 0.493 e. The van der Waals surface area contributed by atoms with E-state index >= 15 is 0 Å². The van der Waals surface area contributed by atoms with E-state index in [1.54, 1.807) is 0 Å². The number of fused-ring (bicyclic) bond motifs is 1. The van der Waals surface area contributed by atoms with Crippen LogP contribution in [-0.2, 0) is 5.88 Å². The van der Waals surface area contributed by atoms with Crippen molar-refractivity contribution in [2.45, 2.75) is 12.8 Å². The van der Waals surface area contributed by atoms with Gasteiger partial charge in [0.15, 0.2) is 0 Å². The van der Waals surface area contributed by atoms with Crippen molar-refractivity contribution in [3.63, 3.8) is 0 Å². The van der Waals surface area contributed by atoms with E-state index in [4.69, 9.17) is 16.3 Å². The first-order valence-corrected chi connectivity index (χ1v) is 5.46. The molecule has 78 valence electrons. The molecular formula is C12H12ClNO. The Balaban J connectivity index is 2.63. The summed E-state index contributed by atoms with van der Waals surface area (Å²) in [5.41, 5.74) is 1.78. The topological polar surface area (TPSA) is 22.1 Å². The van der Waals surface area contributed by atoms with Crippen LogP contribution >= 0.6 is 11.6 Å². The molecule has 0 bridgehead atoms. The molecular weight excluding hydrogens is 210 g/mol. The zero-order chi connectivity index (χ0) is 10.7. The SMILES string of the molecule is CCOc1cc(CCl)nc2ccccc12. The van der Waals surface area contributed by atoms with E-state index in [-0.39, 0.29) is 0 Å².